The van der Waals surface area contributed by atoms with E-state index in [2.05, 4.69) is 17.3 Å². The normalized spacial score (nSPS) is 31.3. The lowest BCUT2D eigenvalue weighted by Gasteiger charge is -2.33. The predicted octanol–water partition coefficient (Wildman–Crippen LogP) is 0.833. The van der Waals surface area contributed by atoms with Crippen molar-refractivity contribution >= 4 is 12.0 Å². The van der Waals surface area contributed by atoms with Crippen molar-refractivity contribution in [3.63, 3.8) is 0 Å². The van der Waals surface area contributed by atoms with Crippen molar-refractivity contribution in [2.45, 2.75) is 32.2 Å². The molecule has 0 bridgehead atoms. The second-order valence-corrected chi connectivity index (χ2v) is 6.14. The highest BCUT2D eigenvalue weighted by Crippen LogP contribution is 2.23. The number of hydrogen-bond acceptors (Lipinski definition) is 3. The molecular formula is C14H25N3O3. The topological polar surface area (TPSA) is 72.9 Å². The van der Waals surface area contributed by atoms with Crippen molar-refractivity contribution in [2.24, 2.45) is 11.8 Å². The number of amides is 2. The molecule has 2 heterocycles. The maximum absolute atomic E-state index is 12.1. The fourth-order valence-corrected chi connectivity index (χ4v) is 3.17. The number of likely N-dealkylation sites (tertiary alicyclic amines) is 2. The maximum atomic E-state index is 12.1. The fourth-order valence-electron chi connectivity index (χ4n) is 3.17. The number of likely N-dealkylation sites (N-methyl/N-ethyl adjacent to an activating group) is 1. The molecule has 0 aliphatic carbocycles. The van der Waals surface area contributed by atoms with E-state index < -0.39 is 11.9 Å². The van der Waals surface area contributed by atoms with Gasteiger partial charge in [0.1, 0.15) is 0 Å². The molecule has 2 rings (SSSR count). The first-order valence-electron chi connectivity index (χ1n) is 7.45. The van der Waals surface area contributed by atoms with Gasteiger partial charge < -0.3 is 20.2 Å². The fraction of sp³-hybridized carbons (Fsp3) is 0.857. The third-order valence-corrected chi connectivity index (χ3v) is 4.63. The minimum absolute atomic E-state index is 0.0237. The summed E-state index contributed by atoms with van der Waals surface area (Å²) in [7, 11) is 2.09. The molecule has 0 spiro atoms. The first-order valence-corrected chi connectivity index (χ1v) is 7.45. The smallest absolute Gasteiger partial charge is 0.317 e. The zero-order valence-electron chi connectivity index (χ0n) is 12.3. The number of nitrogens with zero attached hydrogens (tertiary/aromatic N) is 2. The van der Waals surface area contributed by atoms with Gasteiger partial charge in [0.05, 0.1) is 5.92 Å². The largest absolute Gasteiger partial charge is 0.481 e. The molecule has 2 saturated heterocycles. The number of urea groups is 1. The molecule has 6 heteroatoms. The number of carboxylic acids is 1. The number of carbonyl (C=O) groups is 2. The van der Waals surface area contributed by atoms with Crippen LogP contribution in [-0.2, 0) is 4.79 Å². The van der Waals surface area contributed by atoms with Gasteiger partial charge in [-0.2, -0.15) is 0 Å². The summed E-state index contributed by atoms with van der Waals surface area (Å²) >= 11 is 0. The first kappa shape index (κ1) is 15.1. The van der Waals surface area contributed by atoms with Crippen LogP contribution in [0.2, 0.25) is 0 Å². The minimum atomic E-state index is -0.806. The standard InChI is InChI=1S/C14H25N3O3/c1-10-8-17(9-12(10)13(18)19)14(20)15-7-11-5-3-4-6-16(11)2/h10-12H,3-9H2,1-2H3,(H,15,20)(H,18,19)/t10-,11?,12-/m1/s1. The van der Waals surface area contributed by atoms with Crippen molar-refractivity contribution < 1.29 is 14.7 Å². The van der Waals surface area contributed by atoms with Crippen LogP contribution in [0.3, 0.4) is 0 Å². The molecule has 1 unspecified atom stereocenters. The van der Waals surface area contributed by atoms with E-state index in [1.807, 2.05) is 6.92 Å². The number of piperidine rings is 1. The summed E-state index contributed by atoms with van der Waals surface area (Å²) < 4.78 is 0. The van der Waals surface area contributed by atoms with Crippen LogP contribution in [0.1, 0.15) is 26.2 Å². The summed E-state index contributed by atoms with van der Waals surface area (Å²) in [6.07, 6.45) is 3.56. The van der Waals surface area contributed by atoms with Crippen LogP contribution in [0.5, 0.6) is 0 Å². The van der Waals surface area contributed by atoms with Crippen LogP contribution in [0.25, 0.3) is 0 Å². The van der Waals surface area contributed by atoms with Crippen LogP contribution in [0.4, 0.5) is 4.79 Å². The Morgan fingerprint density at radius 2 is 2.05 bits per heavy atom. The second-order valence-electron chi connectivity index (χ2n) is 6.14. The van der Waals surface area contributed by atoms with Crippen LogP contribution in [-0.4, -0.2) is 66.2 Å². The lowest BCUT2D eigenvalue weighted by Crippen LogP contribution is -2.47. The molecule has 114 valence electrons. The lowest BCUT2D eigenvalue weighted by molar-refractivity contribution is -0.142. The molecule has 0 saturated carbocycles. The molecule has 20 heavy (non-hydrogen) atoms. The predicted molar refractivity (Wildman–Crippen MR) is 75.5 cm³/mol. The van der Waals surface area contributed by atoms with Gasteiger partial charge in [0.2, 0.25) is 0 Å². The second kappa shape index (κ2) is 6.43. The maximum Gasteiger partial charge on any atom is 0.317 e. The molecule has 6 nitrogen and oxygen atoms in total. The van der Waals surface area contributed by atoms with Gasteiger partial charge in [0.25, 0.3) is 0 Å². The average molecular weight is 283 g/mol. The van der Waals surface area contributed by atoms with E-state index in [4.69, 9.17) is 5.11 Å². The van der Waals surface area contributed by atoms with Crippen molar-refractivity contribution in [1.29, 1.82) is 0 Å². The summed E-state index contributed by atoms with van der Waals surface area (Å²) in [6, 6.07) is 0.280. The van der Waals surface area contributed by atoms with E-state index in [9.17, 15) is 9.59 Å². The highest BCUT2D eigenvalue weighted by atomic mass is 16.4. The number of nitrogens with one attached hydrogen (secondary N) is 1. The number of carboxylic acid groups (broad SMARTS) is 1. The Hall–Kier alpha value is -1.30. The number of rotatable bonds is 3. The summed E-state index contributed by atoms with van der Waals surface area (Å²) in [4.78, 5) is 27.1. The van der Waals surface area contributed by atoms with E-state index in [0.29, 0.717) is 25.7 Å². The molecule has 3 atom stereocenters. The molecule has 0 aromatic heterocycles. The molecule has 2 aliphatic heterocycles. The zero-order chi connectivity index (χ0) is 14.7. The molecule has 0 radical (unpaired) electrons. The molecule has 0 aromatic rings. The Morgan fingerprint density at radius 1 is 1.30 bits per heavy atom. The molecule has 2 amide bonds. The van der Waals surface area contributed by atoms with Gasteiger partial charge >= 0.3 is 12.0 Å². The molecule has 2 fully saturated rings. The van der Waals surface area contributed by atoms with Crippen molar-refractivity contribution in [1.82, 2.24) is 15.1 Å². The highest BCUT2D eigenvalue weighted by Gasteiger charge is 2.37. The van der Waals surface area contributed by atoms with Gasteiger partial charge in [-0.05, 0) is 32.4 Å². The Morgan fingerprint density at radius 3 is 2.65 bits per heavy atom. The van der Waals surface area contributed by atoms with Crippen molar-refractivity contribution in [2.75, 3.05) is 33.2 Å². The van der Waals surface area contributed by atoms with Crippen LogP contribution in [0, 0.1) is 11.8 Å². The Balaban J connectivity index is 1.79. The number of hydrogen-bond donors (Lipinski definition) is 2. The highest BCUT2D eigenvalue weighted by molar-refractivity contribution is 5.77. The van der Waals surface area contributed by atoms with Crippen LogP contribution >= 0.6 is 0 Å². The van der Waals surface area contributed by atoms with Crippen molar-refractivity contribution in [3.8, 4) is 0 Å². The van der Waals surface area contributed by atoms with Crippen molar-refractivity contribution in [3.05, 3.63) is 0 Å². The van der Waals surface area contributed by atoms with Gasteiger partial charge in [-0.3, -0.25) is 4.79 Å². The quantitative estimate of drug-likeness (QED) is 0.805. The summed E-state index contributed by atoms with van der Waals surface area (Å²) in [5.41, 5.74) is 0. The van der Waals surface area contributed by atoms with E-state index >= 15 is 0 Å². The Labute approximate surface area is 120 Å². The lowest BCUT2D eigenvalue weighted by atomic mass is 9.99. The molecular weight excluding hydrogens is 258 g/mol. The van der Waals surface area contributed by atoms with E-state index in [0.717, 1.165) is 13.0 Å². The van der Waals surface area contributed by atoms with Crippen LogP contribution in [0.15, 0.2) is 0 Å². The number of carbonyl (C=O) groups excluding carboxylic acids is 1. The number of aliphatic carboxylic acids is 1. The van der Waals surface area contributed by atoms with Crippen LogP contribution < -0.4 is 5.32 Å². The Bertz CT molecular complexity index is 375. The van der Waals surface area contributed by atoms with E-state index in [1.54, 1.807) is 4.90 Å². The van der Waals surface area contributed by atoms with Gasteiger partial charge in [0, 0.05) is 25.7 Å². The zero-order valence-corrected chi connectivity index (χ0v) is 12.3. The molecule has 0 aromatic carbocycles. The minimum Gasteiger partial charge on any atom is -0.481 e. The third kappa shape index (κ3) is 3.42. The third-order valence-electron chi connectivity index (χ3n) is 4.63. The summed E-state index contributed by atoms with van der Waals surface area (Å²) in [5, 5.41) is 12.0. The molecule has 2 aliphatic rings. The SMILES string of the molecule is C[C@@H]1CN(C(=O)NCC2CCCCN2C)C[C@H]1C(=O)O. The average Bonchev–Trinajstić information content (AvgIpc) is 2.80. The van der Waals surface area contributed by atoms with E-state index in [1.165, 1.54) is 12.8 Å². The monoisotopic (exact) mass is 283 g/mol. The summed E-state index contributed by atoms with van der Waals surface area (Å²) in [5.74, 6) is -1.21. The van der Waals surface area contributed by atoms with Gasteiger partial charge in [-0.15, -0.1) is 0 Å². The van der Waals surface area contributed by atoms with Gasteiger partial charge in [0.15, 0.2) is 0 Å². The van der Waals surface area contributed by atoms with E-state index in [-0.39, 0.29) is 11.9 Å². The van der Waals surface area contributed by atoms with Gasteiger partial charge in [-0.1, -0.05) is 13.3 Å². The van der Waals surface area contributed by atoms with Gasteiger partial charge in [-0.25, -0.2) is 4.79 Å². The first-order chi connectivity index (χ1) is 9.49. The summed E-state index contributed by atoms with van der Waals surface area (Å²) in [6.45, 7) is 4.48. The Kier molecular flexibility index (Phi) is 4.86. The molecule has 2 N–H and O–H groups in total.